The van der Waals surface area contributed by atoms with Gasteiger partial charge in [-0.1, -0.05) is 30.9 Å². The van der Waals surface area contributed by atoms with Crippen LogP contribution in [0.4, 0.5) is 5.69 Å². The first kappa shape index (κ1) is 14.2. The molecule has 4 N–H and O–H groups in total. The number of halogens is 1. The zero-order valence-corrected chi connectivity index (χ0v) is 11.5. The number of aliphatic hydroxyl groups is 1. The lowest BCUT2D eigenvalue weighted by atomic mass is 9.85. The number of hydrogen-bond donors (Lipinski definition) is 3. The van der Waals surface area contributed by atoms with Gasteiger partial charge in [-0.25, -0.2) is 0 Å². The second-order valence-corrected chi connectivity index (χ2v) is 5.64. The highest BCUT2D eigenvalue weighted by Crippen LogP contribution is 2.27. The number of rotatable bonds is 3. The van der Waals surface area contributed by atoms with E-state index in [1.807, 2.05) is 0 Å². The van der Waals surface area contributed by atoms with E-state index in [0.717, 1.165) is 32.1 Å². The number of nitrogen functional groups attached to an aromatic ring is 1. The summed E-state index contributed by atoms with van der Waals surface area (Å²) in [6.07, 6.45) is 4.65. The fourth-order valence-electron chi connectivity index (χ4n) is 2.47. The van der Waals surface area contributed by atoms with E-state index in [9.17, 15) is 9.90 Å². The number of carbonyl (C=O) groups excluding carboxylic acids is 1. The summed E-state index contributed by atoms with van der Waals surface area (Å²) in [5.41, 5.74) is 5.73. The van der Waals surface area contributed by atoms with Crippen molar-refractivity contribution in [3.8, 4) is 0 Å². The second-order valence-electron chi connectivity index (χ2n) is 5.20. The van der Waals surface area contributed by atoms with E-state index in [1.54, 1.807) is 18.2 Å². The Morgan fingerprint density at radius 2 is 2.05 bits per heavy atom. The molecule has 19 heavy (non-hydrogen) atoms. The summed E-state index contributed by atoms with van der Waals surface area (Å²) >= 11 is 5.79. The van der Waals surface area contributed by atoms with Gasteiger partial charge in [-0.3, -0.25) is 4.79 Å². The molecule has 2 rings (SSSR count). The molecule has 1 fully saturated rings. The first-order valence-corrected chi connectivity index (χ1v) is 6.94. The van der Waals surface area contributed by atoms with Crippen LogP contribution in [0.15, 0.2) is 18.2 Å². The SMILES string of the molecule is Nc1cc(Cl)ccc1C(=O)NCC1(O)CCCCC1. The third-order valence-electron chi connectivity index (χ3n) is 3.62. The zero-order valence-electron chi connectivity index (χ0n) is 10.8. The minimum Gasteiger partial charge on any atom is -0.398 e. The molecule has 0 bridgehead atoms. The lowest BCUT2D eigenvalue weighted by Crippen LogP contribution is -2.44. The number of hydrogen-bond acceptors (Lipinski definition) is 3. The monoisotopic (exact) mass is 282 g/mol. The molecule has 1 amide bonds. The Morgan fingerprint density at radius 3 is 2.68 bits per heavy atom. The van der Waals surface area contributed by atoms with Gasteiger partial charge in [0.2, 0.25) is 0 Å². The van der Waals surface area contributed by atoms with Crippen LogP contribution in [-0.4, -0.2) is 23.2 Å². The number of anilines is 1. The number of carbonyl (C=O) groups is 1. The molecule has 4 nitrogen and oxygen atoms in total. The van der Waals surface area contributed by atoms with Crippen molar-refractivity contribution in [1.29, 1.82) is 0 Å². The van der Waals surface area contributed by atoms with Crippen molar-refractivity contribution in [3.63, 3.8) is 0 Å². The summed E-state index contributed by atoms with van der Waals surface area (Å²) in [5.74, 6) is -0.270. The second kappa shape index (κ2) is 5.80. The minimum atomic E-state index is -0.769. The molecule has 0 saturated heterocycles. The van der Waals surface area contributed by atoms with Crippen molar-refractivity contribution >= 4 is 23.2 Å². The Hall–Kier alpha value is -1.26. The molecular formula is C14H19ClN2O2. The molecule has 1 aliphatic rings. The van der Waals surface area contributed by atoms with Crippen molar-refractivity contribution < 1.29 is 9.90 Å². The van der Waals surface area contributed by atoms with Crippen LogP contribution in [0.5, 0.6) is 0 Å². The van der Waals surface area contributed by atoms with E-state index >= 15 is 0 Å². The smallest absolute Gasteiger partial charge is 0.253 e. The number of benzene rings is 1. The van der Waals surface area contributed by atoms with E-state index < -0.39 is 5.60 Å². The van der Waals surface area contributed by atoms with Gasteiger partial charge < -0.3 is 16.2 Å². The lowest BCUT2D eigenvalue weighted by molar-refractivity contribution is 0.00526. The first-order valence-electron chi connectivity index (χ1n) is 6.56. The van der Waals surface area contributed by atoms with Gasteiger partial charge in [-0.15, -0.1) is 0 Å². The topological polar surface area (TPSA) is 75.4 Å². The van der Waals surface area contributed by atoms with Crippen molar-refractivity contribution in [2.24, 2.45) is 0 Å². The van der Waals surface area contributed by atoms with Crippen molar-refractivity contribution in [2.75, 3.05) is 12.3 Å². The summed E-state index contributed by atoms with van der Waals surface area (Å²) in [7, 11) is 0. The third kappa shape index (κ3) is 3.61. The normalized spacial score (nSPS) is 18.0. The maximum Gasteiger partial charge on any atom is 0.253 e. The van der Waals surface area contributed by atoms with Crippen LogP contribution in [0.1, 0.15) is 42.5 Å². The van der Waals surface area contributed by atoms with Crippen LogP contribution >= 0.6 is 11.6 Å². The average molecular weight is 283 g/mol. The van der Waals surface area contributed by atoms with Crippen LogP contribution in [-0.2, 0) is 0 Å². The lowest BCUT2D eigenvalue weighted by Gasteiger charge is -2.32. The molecule has 1 saturated carbocycles. The van der Waals surface area contributed by atoms with Crippen molar-refractivity contribution in [1.82, 2.24) is 5.32 Å². The molecular weight excluding hydrogens is 264 g/mol. The molecule has 0 radical (unpaired) electrons. The van der Waals surface area contributed by atoms with Crippen LogP contribution in [0.2, 0.25) is 5.02 Å². The summed E-state index contributed by atoms with van der Waals surface area (Å²) < 4.78 is 0. The molecule has 1 aromatic carbocycles. The van der Waals surface area contributed by atoms with Gasteiger partial charge in [0.25, 0.3) is 5.91 Å². The van der Waals surface area contributed by atoms with Gasteiger partial charge in [0, 0.05) is 17.3 Å². The van der Waals surface area contributed by atoms with E-state index in [0.29, 0.717) is 16.3 Å². The quantitative estimate of drug-likeness (QED) is 0.745. The van der Waals surface area contributed by atoms with Crippen LogP contribution in [0.3, 0.4) is 0 Å². The van der Waals surface area contributed by atoms with E-state index in [-0.39, 0.29) is 12.5 Å². The largest absolute Gasteiger partial charge is 0.398 e. The van der Waals surface area contributed by atoms with E-state index in [4.69, 9.17) is 17.3 Å². The van der Waals surface area contributed by atoms with E-state index in [1.165, 1.54) is 0 Å². The molecule has 0 atom stereocenters. The molecule has 1 aromatic rings. The maximum atomic E-state index is 12.0. The van der Waals surface area contributed by atoms with Crippen molar-refractivity contribution in [3.05, 3.63) is 28.8 Å². The predicted octanol–water partition coefficient (Wildman–Crippen LogP) is 2.35. The molecule has 104 valence electrons. The summed E-state index contributed by atoms with van der Waals surface area (Å²) in [4.78, 5) is 12.0. The number of nitrogens with one attached hydrogen (secondary N) is 1. The first-order chi connectivity index (χ1) is 9.00. The highest BCUT2D eigenvalue weighted by atomic mass is 35.5. The Morgan fingerprint density at radius 1 is 1.37 bits per heavy atom. The van der Waals surface area contributed by atoms with Crippen LogP contribution < -0.4 is 11.1 Å². The van der Waals surface area contributed by atoms with Crippen LogP contribution in [0, 0.1) is 0 Å². The molecule has 0 spiro atoms. The fourth-order valence-corrected chi connectivity index (χ4v) is 2.65. The zero-order chi connectivity index (χ0) is 13.9. The van der Waals surface area contributed by atoms with Gasteiger partial charge in [-0.2, -0.15) is 0 Å². The maximum absolute atomic E-state index is 12.0. The van der Waals surface area contributed by atoms with Gasteiger partial charge in [0.1, 0.15) is 0 Å². The molecule has 0 aromatic heterocycles. The predicted molar refractivity (Wildman–Crippen MR) is 76.2 cm³/mol. The Kier molecular flexibility index (Phi) is 4.32. The summed E-state index contributed by atoms with van der Waals surface area (Å²) in [5, 5.41) is 13.6. The summed E-state index contributed by atoms with van der Waals surface area (Å²) in [6.45, 7) is 0.272. The Balaban J connectivity index is 1.97. The molecule has 1 aliphatic carbocycles. The number of amides is 1. The standard InChI is InChI=1S/C14H19ClN2O2/c15-10-4-5-11(12(16)8-10)13(18)17-9-14(19)6-2-1-3-7-14/h4-5,8,19H,1-3,6-7,9,16H2,(H,17,18). The van der Waals surface area contributed by atoms with Gasteiger partial charge in [0.15, 0.2) is 0 Å². The van der Waals surface area contributed by atoms with Crippen molar-refractivity contribution in [2.45, 2.75) is 37.7 Å². The summed E-state index contributed by atoms with van der Waals surface area (Å²) in [6, 6.07) is 4.77. The Labute approximate surface area is 117 Å². The fraction of sp³-hybridized carbons (Fsp3) is 0.500. The highest BCUT2D eigenvalue weighted by molar-refractivity contribution is 6.31. The minimum absolute atomic E-state index is 0.270. The van der Waals surface area contributed by atoms with Gasteiger partial charge in [0.05, 0.1) is 11.2 Å². The molecule has 0 aliphatic heterocycles. The third-order valence-corrected chi connectivity index (χ3v) is 3.86. The van der Waals surface area contributed by atoms with Crippen LogP contribution in [0.25, 0.3) is 0 Å². The Bertz CT molecular complexity index is 471. The highest BCUT2D eigenvalue weighted by Gasteiger charge is 2.29. The molecule has 0 heterocycles. The molecule has 0 unspecified atom stereocenters. The van der Waals surface area contributed by atoms with Gasteiger partial charge in [-0.05, 0) is 31.0 Å². The average Bonchev–Trinajstić information content (AvgIpc) is 2.37. The van der Waals surface area contributed by atoms with Gasteiger partial charge >= 0.3 is 0 Å². The van der Waals surface area contributed by atoms with E-state index in [2.05, 4.69) is 5.32 Å². The number of nitrogens with two attached hydrogens (primary N) is 1. The molecule has 5 heteroatoms.